The molecule has 0 aliphatic heterocycles. The molecule has 0 unspecified atom stereocenters. The van der Waals surface area contributed by atoms with E-state index in [1.54, 1.807) is 65.1 Å². The molecule has 0 fully saturated rings. The Hall–Kier alpha value is -2.54. The van der Waals surface area contributed by atoms with Crippen LogP contribution in [-0.4, -0.2) is 34.6 Å². The largest absolute Gasteiger partial charge is 0.496 e. The fraction of sp³-hybridized carbons (Fsp3) is 0.350. The zero-order valence-corrected chi connectivity index (χ0v) is 17.1. The second-order valence-electron chi connectivity index (χ2n) is 5.97. The van der Waals surface area contributed by atoms with Crippen molar-refractivity contribution in [2.75, 3.05) is 24.6 Å². The number of hydrogen-bond donors (Lipinski definition) is 0. The maximum absolute atomic E-state index is 13.2. The molecule has 0 aromatic heterocycles. The molecule has 0 aliphatic rings. The average molecular weight is 391 g/mol. The number of rotatable bonds is 7. The number of sulfonamides is 1. The molecule has 0 amide bonds. The van der Waals surface area contributed by atoms with E-state index in [-0.39, 0.29) is 18.0 Å². The van der Waals surface area contributed by atoms with Gasteiger partial charge in [0.1, 0.15) is 5.75 Å². The summed E-state index contributed by atoms with van der Waals surface area (Å²) in [6.45, 7) is 7.47. The van der Waals surface area contributed by atoms with Gasteiger partial charge in [-0.15, -0.1) is 0 Å². The second kappa shape index (κ2) is 8.43. The number of nitrogens with zero attached hydrogens (tertiary/aromatic N) is 1. The number of anilines is 1. The third-order valence-corrected chi connectivity index (χ3v) is 6.20. The summed E-state index contributed by atoms with van der Waals surface area (Å²) in [5.74, 6) is 0.156. The van der Waals surface area contributed by atoms with Crippen LogP contribution < -0.4 is 9.04 Å². The molecule has 2 aromatic carbocycles. The number of benzene rings is 2. The van der Waals surface area contributed by atoms with Crippen LogP contribution in [0.25, 0.3) is 0 Å². The van der Waals surface area contributed by atoms with E-state index in [0.717, 1.165) is 5.56 Å². The predicted molar refractivity (Wildman–Crippen MR) is 105 cm³/mol. The van der Waals surface area contributed by atoms with Gasteiger partial charge in [-0.2, -0.15) is 0 Å². The summed E-state index contributed by atoms with van der Waals surface area (Å²) in [4.78, 5) is 12.3. The molecule has 27 heavy (non-hydrogen) atoms. The van der Waals surface area contributed by atoms with E-state index < -0.39 is 16.0 Å². The monoisotopic (exact) mass is 391 g/mol. The summed E-state index contributed by atoms with van der Waals surface area (Å²) in [6, 6.07) is 9.73. The van der Waals surface area contributed by atoms with Crippen LogP contribution in [0.1, 0.15) is 35.3 Å². The van der Waals surface area contributed by atoms with E-state index in [0.29, 0.717) is 22.6 Å². The van der Waals surface area contributed by atoms with Crippen LogP contribution >= 0.6 is 0 Å². The zero-order valence-electron chi connectivity index (χ0n) is 16.3. The lowest BCUT2D eigenvalue weighted by Gasteiger charge is -2.25. The Morgan fingerprint density at radius 1 is 1.11 bits per heavy atom. The van der Waals surface area contributed by atoms with Gasteiger partial charge in [-0.25, -0.2) is 13.2 Å². The molecular formula is C20H25NO5S. The Kier molecular flexibility index (Phi) is 6.49. The lowest BCUT2D eigenvalue weighted by Crippen LogP contribution is -2.31. The van der Waals surface area contributed by atoms with E-state index >= 15 is 0 Å². The lowest BCUT2D eigenvalue weighted by atomic mass is 10.1. The van der Waals surface area contributed by atoms with Crippen molar-refractivity contribution in [3.05, 3.63) is 53.1 Å². The number of ether oxygens (including phenoxy) is 2. The van der Waals surface area contributed by atoms with Crippen molar-refractivity contribution in [1.82, 2.24) is 0 Å². The van der Waals surface area contributed by atoms with Gasteiger partial charge in [-0.05, 0) is 69.2 Å². The number of carbonyl (C=O) groups excluding carboxylic acids is 1. The molecule has 0 aliphatic carbocycles. The summed E-state index contributed by atoms with van der Waals surface area (Å²) in [7, 11) is -2.26. The number of aryl methyl sites for hydroxylation is 1. The van der Waals surface area contributed by atoms with Crippen molar-refractivity contribution < 1.29 is 22.7 Å². The molecule has 146 valence electrons. The summed E-state index contributed by atoms with van der Waals surface area (Å²) < 4.78 is 38.1. The van der Waals surface area contributed by atoms with Gasteiger partial charge >= 0.3 is 5.97 Å². The summed E-state index contributed by atoms with van der Waals surface area (Å²) in [5.41, 5.74) is 2.10. The number of methoxy groups -OCH3 is 1. The number of hydrogen-bond acceptors (Lipinski definition) is 5. The second-order valence-corrected chi connectivity index (χ2v) is 7.83. The number of carbonyl (C=O) groups is 1. The van der Waals surface area contributed by atoms with Gasteiger partial charge in [0.2, 0.25) is 0 Å². The third-order valence-electron chi connectivity index (χ3n) is 4.31. The van der Waals surface area contributed by atoms with E-state index in [1.807, 2.05) is 0 Å². The van der Waals surface area contributed by atoms with Gasteiger partial charge in [0.15, 0.2) is 0 Å². The zero-order chi connectivity index (χ0) is 20.2. The lowest BCUT2D eigenvalue weighted by molar-refractivity contribution is 0.0525. The van der Waals surface area contributed by atoms with Crippen molar-refractivity contribution >= 4 is 21.7 Å². The van der Waals surface area contributed by atoms with Gasteiger partial charge in [-0.3, -0.25) is 4.31 Å². The smallest absolute Gasteiger partial charge is 0.338 e. The third kappa shape index (κ3) is 4.08. The SMILES string of the molecule is CCOC(=O)c1cccc(N(CC)S(=O)(=O)c2ccc(OC)c(C)c2)c1C. The topological polar surface area (TPSA) is 72.9 Å². The summed E-state index contributed by atoms with van der Waals surface area (Å²) in [5, 5.41) is 0. The van der Waals surface area contributed by atoms with Crippen LogP contribution in [0.4, 0.5) is 5.69 Å². The highest BCUT2D eigenvalue weighted by Gasteiger charge is 2.27. The van der Waals surface area contributed by atoms with Crippen molar-refractivity contribution in [2.45, 2.75) is 32.6 Å². The molecule has 6 nitrogen and oxygen atoms in total. The first-order chi connectivity index (χ1) is 12.8. The Balaban J connectivity index is 2.54. The fourth-order valence-corrected chi connectivity index (χ4v) is 4.55. The molecule has 0 spiro atoms. The first kappa shape index (κ1) is 20.8. The molecule has 7 heteroatoms. The molecule has 0 radical (unpaired) electrons. The maximum Gasteiger partial charge on any atom is 0.338 e. The molecule has 2 aromatic rings. The molecule has 0 bridgehead atoms. The van der Waals surface area contributed by atoms with Gasteiger partial charge in [0, 0.05) is 6.54 Å². The standard InChI is InChI=1S/C20H25NO5S/c1-6-21(18-10-8-9-17(15(18)4)20(22)26-7-2)27(23,24)16-11-12-19(25-5)14(3)13-16/h8-13H,6-7H2,1-5H3. The predicted octanol–water partition coefficient (Wildman–Crippen LogP) is 3.70. The number of esters is 1. The highest BCUT2D eigenvalue weighted by molar-refractivity contribution is 7.92. The van der Waals surface area contributed by atoms with Crippen LogP contribution in [-0.2, 0) is 14.8 Å². The van der Waals surface area contributed by atoms with Crippen molar-refractivity contribution in [3.63, 3.8) is 0 Å². The van der Waals surface area contributed by atoms with Crippen LogP contribution in [0.3, 0.4) is 0 Å². The Bertz CT molecular complexity index is 937. The summed E-state index contributed by atoms with van der Waals surface area (Å²) >= 11 is 0. The highest BCUT2D eigenvalue weighted by atomic mass is 32.2. The van der Waals surface area contributed by atoms with Crippen LogP contribution in [0.5, 0.6) is 5.75 Å². The van der Waals surface area contributed by atoms with Crippen molar-refractivity contribution in [2.24, 2.45) is 0 Å². The van der Waals surface area contributed by atoms with Crippen molar-refractivity contribution in [3.8, 4) is 5.75 Å². The first-order valence-corrected chi connectivity index (χ1v) is 10.2. The van der Waals surface area contributed by atoms with Crippen LogP contribution in [0.2, 0.25) is 0 Å². The van der Waals surface area contributed by atoms with Crippen molar-refractivity contribution in [1.29, 1.82) is 0 Å². The Morgan fingerprint density at radius 3 is 2.37 bits per heavy atom. The van der Waals surface area contributed by atoms with E-state index in [2.05, 4.69) is 0 Å². The minimum absolute atomic E-state index is 0.170. The van der Waals surface area contributed by atoms with E-state index in [4.69, 9.17) is 9.47 Å². The highest BCUT2D eigenvalue weighted by Crippen LogP contribution is 2.30. The fourth-order valence-electron chi connectivity index (χ4n) is 2.93. The van der Waals surface area contributed by atoms with Crippen LogP contribution in [0.15, 0.2) is 41.3 Å². The van der Waals surface area contributed by atoms with Gasteiger partial charge in [0.05, 0.1) is 29.9 Å². The Morgan fingerprint density at radius 2 is 1.81 bits per heavy atom. The quantitative estimate of drug-likeness (QED) is 0.673. The van der Waals surface area contributed by atoms with E-state index in [1.165, 1.54) is 10.4 Å². The van der Waals surface area contributed by atoms with Crippen LogP contribution in [0, 0.1) is 13.8 Å². The molecular weight excluding hydrogens is 366 g/mol. The maximum atomic E-state index is 13.2. The molecule has 2 rings (SSSR count). The molecule has 0 N–H and O–H groups in total. The van der Waals surface area contributed by atoms with E-state index in [9.17, 15) is 13.2 Å². The molecule has 0 atom stereocenters. The molecule has 0 saturated carbocycles. The Labute approximate surface area is 160 Å². The molecule has 0 heterocycles. The minimum atomic E-state index is -3.80. The molecule has 0 saturated heterocycles. The minimum Gasteiger partial charge on any atom is -0.496 e. The van der Waals surface area contributed by atoms with Gasteiger partial charge in [0.25, 0.3) is 10.0 Å². The normalized spacial score (nSPS) is 11.1. The summed E-state index contributed by atoms with van der Waals surface area (Å²) in [6.07, 6.45) is 0. The average Bonchev–Trinajstić information content (AvgIpc) is 2.63. The van der Waals surface area contributed by atoms with Gasteiger partial charge in [-0.1, -0.05) is 6.07 Å². The first-order valence-electron chi connectivity index (χ1n) is 8.72. The van der Waals surface area contributed by atoms with Gasteiger partial charge < -0.3 is 9.47 Å².